The smallest absolute Gasteiger partial charge is 0.331 e. The van der Waals surface area contributed by atoms with Crippen LogP contribution < -0.4 is 15.2 Å². The average Bonchev–Trinajstić information content (AvgIpc) is 2.67. The van der Waals surface area contributed by atoms with E-state index in [1.807, 2.05) is 0 Å². The number of amides is 1. The number of esters is 1. The van der Waals surface area contributed by atoms with E-state index in [1.54, 1.807) is 24.3 Å². The molecule has 0 aliphatic carbocycles. The van der Waals surface area contributed by atoms with Crippen LogP contribution in [0.15, 0.2) is 24.3 Å². The summed E-state index contributed by atoms with van der Waals surface area (Å²) >= 11 is 0. The molecule has 6 nitrogen and oxygen atoms in total. The molecule has 2 rings (SSSR count). The number of benzene rings is 1. The second-order valence-electron chi connectivity index (χ2n) is 4.16. The molecule has 1 heterocycles. The lowest BCUT2D eigenvalue weighted by Crippen LogP contribution is -2.19. The predicted octanol–water partition coefficient (Wildman–Crippen LogP) is 0.890. The first-order valence-corrected chi connectivity index (χ1v) is 6.18. The maximum absolute atomic E-state index is 11.3. The first kappa shape index (κ1) is 13.9. The van der Waals surface area contributed by atoms with E-state index in [9.17, 15) is 9.59 Å². The Kier molecular flexibility index (Phi) is 4.60. The van der Waals surface area contributed by atoms with Crippen molar-refractivity contribution < 1.29 is 23.8 Å². The molecule has 0 aromatic heterocycles. The summed E-state index contributed by atoms with van der Waals surface area (Å²) in [5, 5.41) is 0. The van der Waals surface area contributed by atoms with Gasteiger partial charge in [-0.05, 0) is 23.8 Å². The lowest BCUT2D eigenvalue weighted by Gasteiger charge is -2.07. The van der Waals surface area contributed by atoms with Gasteiger partial charge >= 0.3 is 5.97 Å². The molecular weight excluding hydrogens is 262 g/mol. The molecule has 2 N–H and O–H groups in total. The first-order valence-electron chi connectivity index (χ1n) is 6.18. The van der Waals surface area contributed by atoms with Gasteiger partial charge in [0.1, 0.15) is 0 Å². The zero-order chi connectivity index (χ0) is 14.4. The monoisotopic (exact) mass is 277 g/mol. The lowest BCUT2D eigenvalue weighted by molar-refractivity contribution is -0.142. The number of hydrogen-bond donors (Lipinski definition) is 1. The summed E-state index contributed by atoms with van der Waals surface area (Å²) in [6, 6.07) is 5.36. The Labute approximate surface area is 116 Å². The van der Waals surface area contributed by atoms with Gasteiger partial charge in [0.05, 0.1) is 13.2 Å². The molecule has 0 fully saturated rings. The zero-order valence-electron chi connectivity index (χ0n) is 10.8. The minimum absolute atomic E-state index is 0.426. The minimum atomic E-state index is -0.692. The Morgan fingerprint density at radius 2 is 2.00 bits per heavy atom. The van der Waals surface area contributed by atoms with Gasteiger partial charge in [0.25, 0.3) is 5.91 Å². The molecule has 0 unspecified atom stereocenters. The van der Waals surface area contributed by atoms with Gasteiger partial charge in [0.2, 0.25) is 0 Å². The van der Waals surface area contributed by atoms with E-state index in [2.05, 4.69) is 4.74 Å². The summed E-state index contributed by atoms with van der Waals surface area (Å²) in [5.41, 5.74) is 5.64. The third-order valence-electron chi connectivity index (χ3n) is 2.54. The largest absolute Gasteiger partial charge is 0.490 e. The molecule has 0 bridgehead atoms. The molecule has 106 valence electrons. The fourth-order valence-corrected chi connectivity index (χ4v) is 1.64. The topological polar surface area (TPSA) is 87.9 Å². The maximum atomic E-state index is 11.3. The van der Waals surface area contributed by atoms with E-state index in [4.69, 9.17) is 15.2 Å². The molecule has 6 heteroatoms. The Bertz CT molecular complexity index is 538. The Morgan fingerprint density at radius 1 is 1.25 bits per heavy atom. The highest BCUT2D eigenvalue weighted by molar-refractivity contribution is 5.89. The summed E-state index contributed by atoms with van der Waals surface area (Å²) < 4.78 is 15.6. The standard InChI is InChI=1S/C14H15NO5/c15-13(16)9-20-14(17)5-3-10-2-4-11-12(8-10)19-7-1-6-18-11/h2-5,8H,1,6-7,9H2,(H2,15,16)/b5-3+. The molecule has 20 heavy (non-hydrogen) atoms. The molecule has 0 saturated carbocycles. The SMILES string of the molecule is NC(=O)COC(=O)/C=C/c1ccc2c(c1)OCCCO2. The number of carbonyl (C=O) groups excluding carboxylic acids is 2. The third-order valence-corrected chi connectivity index (χ3v) is 2.54. The molecular formula is C14H15NO5. The van der Waals surface area contributed by atoms with Crippen LogP contribution in [0.1, 0.15) is 12.0 Å². The van der Waals surface area contributed by atoms with Crippen molar-refractivity contribution in [1.29, 1.82) is 0 Å². The van der Waals surface area contributed by atoms with Crippen molar-refractivity contribution in [3.05, 3.63) is 29.8 Å². The zero-order valence-corrected chi connectivity index (χ0v) is 10.8. The van der Waals surface area contributed by atoms with Crippen molar-refractivity contribution in [1.82, 2.24) is 0 Å². The van der Waals surface area contributed by atoms with Crippen LogP contribution in [0.25, 0.3) is 6.08 Å². The van der Waals surface area contributed by atoms with Crippen molar-refractivity contribution in [3.8, 4) is 11.5 Å². The van der Waals surface area contributed by atoms with Crippen LogP contribution in [0.3, 0.4) is 0 Å². The highest BCUT2D eigenvalue weighted by atomic mass is 16.5. The van der Waals surface area contributed by atoms with Gasteiger partial charge in [-0.1, -0.05) is 6.07 Å². The van der Waals surface area contributed by atoms with Gasteiger partial charge in [0.15, 0.2) is 18.1 Å². The highest BCUT2D eigenvalue weighted by Crippen LogP contribution is 2.30. The Morgan fingerprint density at radius 3 is 2.75 bits per heavy atom. The van der Waals surface area contributed by atoms with Crippen molar-refractivity contribution in [3.63, 3.8) is 0 Å². The molecule has 0 atom stereocenters. The van der Waals surface area contributed by atoms with E-state index in [0.29, 0.717) is 24.7 Å². The van der Waals surface area contributed by atoms with E-state index < -0.39 is 18.5 Å². The van der Waals surface area contributed by atoms with Crippen LogP contribution in [0.4, 0.5) is 0 Å². The average molecular weight is 277 g/mol. The van der Waals surface area contributed by atoms with Crippen LogP contribution in [0.2, 0.25) is 0 Å². The molecule has 1 aliphatic heterocycles. The van der Waals surface area contributed by atoms with E-state index in [0.717, 1.165) is 12.0 Å². The number of primary amides is 1. The van der Waals surface area contributed by atoms with Crippen LogP contribution in [-0.2, 0) is 14.3 Å². The molecule has 1 aliphatic rings. The number of rotatable bonds is 4. The van der Waals surface area contributed by atoms with Gasteiger partial charge < -0.3 is 19.9 Å². The van der Waals surface area contributed by atoms with Crippen molar-refractivity contribution in [2.75, 3.05) is 19.8 Å². The number of carbonyl (C=O) groups is 2. The van der Waals surface area contributed by atoms with Crippen LogP contribution >= 0.6 is 0 Å². The van der Waals surface area contributed by atoms with Crippen molar-refractivity contribution >= 4 is 18.0 Å². The molecule has 0 radical (unpaired) electrons. The number of fused-ring (bicyclic) bond motifs is 1. The fourth-order valence-electron chi connectivity index (χ4n) is 1.64. The fraction of sp³-hybridized carbons (Fsp3) is 0.286. The Balaban J connectivity index is 2.01. The Hall–Kier alpha value is -2.50. The van der Waals surface area contributed by atoms with Gasteiger partial charge in [-0.3, -0.25) is 4.79 Å². The van der Waals surface area contributed by atoms with E-state index in [1.165, 1.54) is 6.08 Å². The molecule has 1 aromatic carbocycles. The normalized spacial score (nSPS) is 13.8. The molecule has 1 amide bonds. The van der Waals surface area contributed by atoms with Crippen LogP contribution in [0, 0.1) is 0 Å². The summed E-state index contributed by atoms with van der Waals surface area (Å²) in [7, 11) is 0. The minimum Gasteiger partial charge on any atom is -0.490 e. The van der Waals surface area contributed by atoms with Gasteiger partial charge in [-0.25, -0.2) is 4.79 Å². The molecule has 0 spiro atoms. The van der Waals surface area contributed by atoms with E-state index in [-0.39, 0.29) is 0 Å². The number of ether oxygens (including phenoxy) is 3. The number of nitrogens with two attached hydrogens (primary N) is 1. The second kappa shape index (κ2) is 6.60. The third kappa shape index (κ3) is 4.01. The summed E-state index contributed by atoms with van der Waals surface area (Å²) in [4.78, 5) is 21.8. The maximum Gasteiger partial charge on any atom is 0.331 e. The van der Waals surface area contributed by atoms with E-state index >= 15 is 0 Å². The molecule has 0 saturated heterocycles. The quantitative estimate of drug-likeness (QED) is 0.652. The van der Waals surface area contributed by atoms with Crippen molar-refractivity contribution in [2.24, 2.45) is 5.73 Å². The first-order chi connectivity index (χ1) is 9.65. The number of hydrogen-bond acceptors (Lipinski definition) is 5. The van der Waals surface area contributed by atoms with Crippen molar-refractivity contribution in [2.45, 2.75) is 6.42 Å². The van der Waals surface area contributed by atoms with Gasteiger partial charge in [-0.2, -0.15) is 0 Å². The summed E-state index contributed by atoms with van der Waals surface area (Å²) in [6.45, 7) is 0.798. The second-order valence-corrected chi connectivity index (χ2v) is 4.16. The van der Waals surface area contributed by atoms with Gasteiger partial charge in [0, 0.05) is 12.5 Å². The molecule has 1 aromatic rings. The predicted molar refractivity (Wildman–Crippen MR) is 71.2 cm³/mol. The van der Waals surface area contributed by atoms with Crippen LogP contribution in [-0.4, -0.2) is 31.7 Å². The summed E-state index contributed by atoms with van der Waals surface area (Å²) in [6.07, 6.45) is 3.62. The van der Waals surface area contributed by atoms with Crippen LogP contribution in [0.5, 0.6) is 11.5 Å². The lowest BCUT2D eigenvalue weighted by atomic mass is 10.2. The highest BCUT2D eigenvalue weighted by Gasteiger charge is 2.09. The van der Waals surface area contributed by atoms with Gasteiger partial charge in [-0.15, -0.1) is 0 Å². The summed E-state index contributed by atoms with van der Waals surface area (Å²) in [5.74, 6) is 0.0179.